The predicted molar refractivity (Wildman–Crippen MR) is 462 cm³/mol. The number of rotatable bonds is 7. The van der Waals surface area contributed by atoms with E-state index in [1.807, 2.05) is 0 Å². The summed E-state index contributed by atoms with van der Waals surface area (Å²) in [5, 5.41) is 7.49. The van der Waals surface area contributed by atoms with Gasteiger partial charge in [0.25, 0.3) is 6.71 Å². The van der Waals surface area contributed by atoms with Crippen LogP contribution in [0.4, 0.5) is 34.1 Å². The van der Waals surface area contributed by atoms with Gasteiger partial charge < -0.3 is 23.5 Å². The molecular weight excluding hydrogens is 1310 g/mol. The minimum atomic E-state index is -0.187. The Balaban J connectivity index is 0.875. The molecule has 3 aromatic heterocycles. The highest BCUT2D eigenvalue weighted by molar-refractivity contribution is 7.00. The van der Waals surface area contributed by atoms with E-state index in [4.69, 9.17) is 0 Å². The van der Waals surface area contributed by atoms with Gasteiger partial charge in [0.2, 0.25) is 0 Å². The maximum atomic E-state index is 2.64. The minimum Gasteiger partial charge on any atom is -0.311 e. The molecule has 0 radical (unpaired) electrons. The van der Waals surface area contributed by atoms with Crippen molar-refractivity contribution in [2.75, 3.05) is 9.80 Å². The molecule has 4 aliphatic rings. The smallest absolute Gasteiger partial charge is 0.252 e. The topological polar surface area (TPSA) is 21.3 Å². The van der Waals surface area contributed by atoms with Crippen molar-refractivity contribution < 1.29 is 0 Å². The summed E-state index contributed by atoms with van der Waals surface area (Å²) < 4.78 is 7.60. The fourth-order valence-electron chi connectivity index (χ4n) is 19.7. The van der Waals surface area contributed by atoms with E-state index in [1.54, 1.807) is 0 Å². The lowest BCUT2D eigenvalue weighted by Crippen LogP contribution is -2.61. The molecule has 16 aromatic rings. The van der Waals surface area contributed by atoms with Crippen LogP contribution in [0.1, 0.15) is 156 Å². The molecule has 13 aromatic carbocycles. The largest absolute Gasteiger partial charge is 0.311 e. The molecule has 0 saturated heterocycles. The van der Waals surface area contributed by atoms with Crippen LogP contribution in [-0.2, 0) is 32.5 Å². The van der Waals surface area contributed by atoms with Gasteiger partial charge in [-0.15, -0.1) is 0 Å². The van der Waals surface area contributed by atoms with Crippen LogP contribution in [0.3, 0.4) is 0 Å². The van der Waals surface area contributed by atoms with Crippen LogP contribution in [0.25, 0.3) is 105 Å². The van der Waals surface area contributed by atoms with E-state index < -0.39 is 0 Å². The van der Waals surface area contributed by atoms with Crippen LogP contribution in [-0.4, -0.2) is 20.4 Å². The molecule has 0 fully saturated rings. The molecule has 2 aliphatic carbocycles. The highest BCUT2D eigenvalue weighted by Gasteiger charge is 2.46. The molecule has 0 bridgehead atoms. The van der Waals surface area contributed by atoms with Crippen LogP contribution in [0.15, 0.2) is 267 Å². The average Bonchev–Trinajstić information content (AvgIpc) is 0.872. The first kappa shape index (κ1) is 66.4. The highest BCUT2D eigenvalue weighted by atomic mass is 15.2. The quantitative estimate of drug-likeness (QED) is 0.148. The van der Waals surface area contributed by atoms with Crippen molar-refractivity contribution in [2.45, 2.75) is 155 Å². The van der Waals surface area contributed by atoms with E-state index in [0.717, 1.165) is 64.0 Å². The lowest BCUT2D eigenvalue weighted by molar-refractivity contribution is 0.332. The molecule has 2 aliphatic heterocycles. The summed E-state index contributed by atoms with van der Waals surface area (Å²) >= 11 is 0. The second-order valence-corrected chi connectivity index (χ2v) is 36.7. The van der Waals surface area contributed by atoms with E-state index in [-0.39, 0.29) is 39.2 Å². The van der Waals surface area contributed by atoms with Gasteiger partial charge in [0, 0.05) is 77.8 Å². The van der Waals surface area contributed by atoms with Crippen LogP contribution < -0.4 is 26.2 Å². The minimum absolute atomic E-state index is 0.0239. The second-order valence-electron chi connectivity index (χ2n) is 36.7. The van der Waals surface area contributed by atoms with Gasteiger partial charge >= 0.3 is 0 Å². The summed E-state index contributed by atoms with van der Waals surface area (Å²) in [6.07, 6.45) is 4.70. The van der Waals surface area contributed by atoms with Crippen molar-refractivity contribution in [1.82, 2.24) is 13.7 Å². The maximum absolute atomic E-state index is 2.64. The van der Waals surface area contributed by atoms with Gasteiger partial charge in [-0.2, -0.15) is 0 Å². The molecule has 530 valence electrons. The summed E-state index contributed by atoms with van der Waals surface area (Å²) in [5.41, 5.74) is 34.9. The Kier molecular flexibility index (Phi) is 14.3. The van der Waals surface area contributed by atoms with Crippen molar-refractivity contribution in [3.63, 3.8) is 0 Å². The molecule has 20 rings (SSSR count). The Morgan fingerprint density at radius 1 is 0.259 bits per heavy atom. The van der Waals surface area contributed by atoms with Crippen molar-refractivity contribution in [1.29, 1.82) is 0 Å². The molecule has 0 spiro atoms. The van der Waals surface area contributed by atoms with E-state index in [1.165, 1.54) is 150 Å². The lowest BCUT2D eigenvalue weighted by atomic mass is 9.33. The molecule has 108 heavy (non-hydrogen) atoms. The summed E-state index contributed by atoms with van der Waals surface area (Å²) in [5.74, 6) is 0. The Hall–Kier alpha value is -11.1. The van der Waals surface area contributed by atoms with Crippen LogP contribution in [0.5, 0.6) is 0 Å². The van der Waals surface area contributed by atoms with E-state index >= 15 is 0 Å². The fraction of sp³-hybridized carbons (Fsp3) is 0.235. The van der Waals surface area contributed by atoms with Gasteiger partial charge in [-0.05, 0) is 239 Å². The predicted octanol–water partition coefficient (Wildman–Crippen LogP) is 25.7. The third kappa shape index (κ3) is 10.0. The number of fused-ring (bicyclic) bond motifs is 15. The summed E-state index contributed by atoms with van der Waals surface area (Å²) in [6, 6.07) is 104. The second kappa shape index (κ2) is 23.2. The zero-order valence-corrected chi connectivity index (χ0v) is 65.0. The summed E-state index contributed by atoms with van der Waals surface area (Å²) in [6.45, 7) is 33.2. The van der Waals surface area contributed by atoms with E-state index in [9.17, 15) is 0 Å². The standard InChI is InChI=1S/C102H94BN5/c1-97(2,3)67-37-49-90-78(57-67)76-25-17-21-29-88(76)106(90)71-43-47-84-92(59-71)104(69-39-31-63(32-40-69)65-35-45-80-82(55-65)101(11,12)53-51-99(80,7)8)94-61-73(108-86-27-19-15-23-74(86)75-24-16-20-28-87(75)108)62-95-96(94)103(84)85-48-44-72(107-89-30-22-18-26-77(89)79-58-68(98(4,5)6)38-50-91(79)107)60-93(85)105(95)70-41-33-64(34-42-70)66-36-46-81-83(56-66)102(13,14)54-52-100(81,9)10/h15-50,55-62H,51-54H2,1-14H3. The number of hydrogen-bond acceptors (Lipinski definition) is 2. The molecule has 0 N–H and O–H groups in total. The third-order valence-corrected chi connectivity index (χ3v) is 26.1. The molecule has 0 unspecified atom stereocenters. The van der Waals surface area contributed by atoms with Crippen molar-refractivity contribution >= 4 is 123 Å². The number of benzene rings is 13. The zero-order chi connectivity index (χ0) is 74.0. The number of para-hydroxylation sites is 4. The fourth-order valence-corrected chi connectivity index (χ4v) is 19.7. The SMILES string of the molecule is CC(C)(C)c1ccc2c(c1)c1ccccc1n2-c1ccc2c(c1)N(c1ccc(-c3ccc4c(c3)C(C)(C)CCC4(C)C)cc1)c1cc(-n3c4ccccc4c4ccccc43)cc3c1B2c1ccc(-n2c4ccccc4c4cc(C(C)(C)C)ccc42)cc1N3c1ccc(-c2ccc3c(c2)C(C)(C)CCC3(C)C)cc1. The normalized spacial score (nSPS) is 16.1. The first-order chi connectivity index (χ1) is 51.8. The van der Waals surface area contributed by atoms with Crippen LogP contribution >= 0.6 is 0 Å². The van der Waals surface area contributed by atoms with Crippen molar-refractivity contribution in [2.24, 2.45) is 0 Å². The average molecular weight is 1400 g/mol. The Bertz CT molecular complexity index is 6080. The molecule has 0 saturated carbocycles. The lowest BCUT2D eigenvalue weighted by Gasteiger charge is -2.44. The van der Waals surface area contributed by atoms with Crippen molar-refractivity contribution in [3.05, 3.63) is 300 Å². The Morgan fingerprint density at radius 3 is 0.935 bits per heavy atom. The van der Waals surface area contributed by atoms with Crippen LogP contribution in [0, 0.1) is 0 Å². The number of aromatic nitrogens is 3. The summed E-state index contributed by atoms with van der Waals surface area (Å²) in [4.78, 5) is 5.28. The molecule has 6 heteroatoms. The van der Waals surface area contributed by atoms with Gasteiger partial charge in [0.15, 0.2) is 0 Å². The Morgan fingerprint density at radius 2 is 0.565 bits per heavy atom. The molecule has 5 heterocycles. The molecular formula is C102H94BN5. The first-order valence-corrected chi connectivity index (χ1v) is 39.4. The monoisotopic (exact) mass is 1400 g/mol. The van der Waals surface area contributed by atoms with Gasteiger partial charge in [-0.1, -0.05) is 255 Å². The van der Waals surface area contributed by atoms with Crippen molar-refractivity contribution in [3.8, 4) is 39.3 Å². The Labute approximate surface area is 636 Å². The van der Waals surface area contributed by atoms with Gasteiger partial charge in [0.05, 0.1) is 38.8 Å². The van der Waals surface area contributed by atoms with Gasteiger partial charge in [-0.3, -0.25) is 0 Å². The molecule has 5 nitrogen and oxygen atoms in total. The van der Waals surface area contributed by atoms with Gasteiger partial charge in [-0.25, -0.2) is 0 Å². The first-order valence-electron chi connectivity index (χ1n) is 39.4. The number of nitrogens with zero attached hydrogens (tertiary/aromatic N) is 5. The maximum Gasteiger partial charge on any atom is 0.252 e. The highest BCUT2D eigenvalue weighted by Crippen LogP contribution is 2.53. The zero-order valence-electron chi connectivity index (χ0n) is 65.0. The molecule has 0 amide bonds. The number of hydrogen-bond donors (Lipinski definition) is 0. The van der Waals surface area contributed by atoms with Gasteiger partial charge in [0.1, 0.15) is 0 Å². The molecule has 0 atom stereocenters. The van der Waals surface area contributed by atoms with E-state index in [2.05, 4.69) is 387 Å². The summed E-state index contributed by atoms with van der Waals surface area (Å²) in [7, 11) is 0. The van der Waals surface area contributed by atoms with E-state index in [0.29, 0.717) is 0 Å². The third-order valence-electron chi connectivity index (χ3n) is 26.1. The number of anilines is 6. The van der Waals surface area contributed by atoms with Crippen LogP contribution in [0.2, 0.25) is 0 Å².